The SMILES string of the molecule is COc1cc(CNCCNC(=O)c2nonc2N)ccc1OCc1c(Cl)cccc1Cl.Cl. The highest BCUT2D eigenvalue weighted by molar-refractivity contribution is 6.35. The van der Waals surface area contributed by atoms with Gasteiger partial charge in [0.15, 0.2) is 11.5 Å². The largest absolute Gasteiger partial charge is 0.493 e. The van der Waals surface area contributed by atoms with Crippen molar-refractivity contribution in [3.8, 4) is 11.5 Å². The summed E-state index contributed by atoms with van der Waals surface area (Å²) < 4.78 is 15.7. The van der Waals surface area contributed by atoms with Crippen molar-refractivity contribution in [2.75, 3.05) is 25.9 Å². The lowest BCUT2D eigenvalue weighted by molar-refractivity contribution is 0.0944. The van der Waals surface area contributed by atoms with Crippen molar-refractivity contribution in [2.24, 2.45) is 0 Å². The normalized spacial score (nSPS) is 10.3. The molecule has 0 aliphatic carbocycles. The van der Waals surface area contributed by atoms with Crippen molar-refractivity contribution in [1.29, 1.82) is 0 Å². The summed E-state index contributed by atoms with van der Waals surface area (Å²) in [5.41, 5.74) is 7.14. The van der Waals surface area contributed by atoms with Crippen molar-refractivity contribution >= 4 is 47.3 Å². The van der Waals surface area contributed by atoms with Gasteiger partial charge >= 0.3 is 0 Å². The number of nitrogens with two attached hydrogens (primary N) is 1. The molecule has 2 aromatic carbocycles. The van der Waals surface area contributed by atoms with Crippen molar-refractivity contribution in [3.05, 3.63) is 63.3 Å². The van der Waals surface area contributed by atoms with Crippen LogP contribution in [0.5, 0.6) is 11.5 Å². The Morgan fingerprint density at radius 2 is 1.88 bits per heavy atom. The maximum absolute atomic E-state index is 11.9. The van der Waals surface area contributed by atoms with Crippen LogP contribution in [-0.2, 0) is 13.2 Å². The second-order valence-electron chi connectivity index (χ2n) is 6.40. The molecule has 0 bridgehead atoms. The van der Waals surface area contributed by atoms with E-state index >= 15 is 0 Å². The maximum Gasteiger partial charge on any atom is 0.277 e. The number of nitrogens with one attached hydrogen (secondary N) is 2. The molecule has 1 amide bonds. The molecule has 0 radical (unpaired) electrons. The van der Waals surface area contributed by atoms with Gasteiger partial charge in [0.2, 0.25) is 11.5 Å². The standard InChI is InChI=1S/C20H21Cl2N5O4.ClH/c1-29-17-9-12(10-24-7-8-25-20(28)18-19(23)27-31-26-18)5-6-16(17)30-11-13-14(21)3-2-4-15(13)22;/h2-6,9,24H,7-8,10-11H2,1H3,(H2,23,27)(H,25,28);1H. The second-order valence-corrected chi connectivity index (χ2v) is 7.22. The first-order valence-electron chi connectivity index (χ1n) is 9.29. The first kappa shape index (κ1) is 25.5. The Bertz CT molecular complexity index is 1030. The monoisotopic (exact) mass is 501 g/mol. The minimum absolute atomic E-state index is 0. The van der Waals surface area contributed by atoms with E-state index in [-0.39, 0.29) is 30.5 Å². The Morgan fingerprint density at radius 3 is 2.53 bits per heavy atom. The summed E-state index contributed by atoms with van der Waals surface area (Å²) in [5, 5.41) is 13.8. The van der Waals surface area contributed by atoms with Crippen LogP contribution in [0, 0.1) is 0 Å². The number of nitrogens with zero attached hydrogens (tertiary/aromatic N) is 2. The van der Waals surface area contributed by atoms with Crippen molar-refractivity contribution in [1.82, 2.24) is 20.9 Å². The maximum atomic E-state index is 11.9. The number of ether oxygens (including phenoxy) is 2. The molecule has 9 nitrogen and oxygen atoms in total. The van der Waals surface area contributed by atoms with Crippen molar-refractivity contribution in [2.45, 2.75) is 13.2 Å². The molecule has 0 aliphatic heterocycles. The van der Waals surface area contributed by atoms with E-state index in [1.807, 2.05) is 18.2 Å². The first-order valence-corrected chi connectivity index (χ1v) is 10.0. The van der Waals surface area contributed by atoms with Gasteiger partial charge < -0.3 is 25.8 Å². The van der Waals surface area contributed by atoms with E-state index in [4.69, 9.17) is 38.4 Å². The fourth-order valence-electron chi connectivity index (χ4n) is 2.70. The number of carbonyl (C=O) groups excluding carboxylic acids is 1. The molecule has 0 atom stereocenters. The van der Waals surface area contributed by atoms with Gasteiger partial charge in [-0.2, -0.15) is 0 Å². The first-order chi connectivity index (χ1) is 15.0. The van der Waals surface area contributed by atoms with Crippen LogP contribution in [0.25, 0.3) is 0 Å². The number of benzene rings is 2. The quantitative estimate of drug-likeness (QED) is 0.360. The molecule has 0 saturated heterocycles. The number of carbonyl (C=O) groups is 1. The van der Waals surface area contributed by atoms with Crippen LogP contribution in [0.1, 0.15) is 21.6 Å². The number of amides is 1. The van der Waals surface area contributed by atoms with Gasteiger partial charge in [-0.3, -0.25) is 4.79 Å². The third-order valence-corrected chi connectivity index (χ3v) is 5.02. The average molecular weight is 503 g/mol. The van der Waals surface area contributed by atoms with E-state index < -0.39 is 5.91 Å². The van der Waals surface area contributed by atoms with Gasteiger partial charge in [-0.25, -0.2) is 4.63 Å². The fraction of sp³-hybridized carbons (Fsp3) is 0.250. The van der Waals surface area contributed by atoms with Crippen LogP contribution in [0.3, 0.4) is 0 Å². The molecule has 12 heteroatoms. The number of anilines is 1. The number of rotatable bonds is 10. The van der Waals surface area contributed by atoms with Gasteiger partial charge in [0, 0.05) is 35.2 Å². The lowest BCUT2D eigenvalue weighted by atomic mass is 10.2. The lowest BCUT2D eigenvalue weighted by Crippen LogP contribution is -2.32. The number of methoxy groups -OCH3 is 1. The third-order valence-electron chi connectivity index (χ3n) is 4.31. The van der Waals surface area contributed by atoms with Crippen molar-refractivity contribution < 1.29 is 18.9 Å². The molecular formula is C20H22Cl3N5O4. The third kappa shape index (κ3) is 6.64. The van der Waals surface area contributed by atoms with Gasteiger partial charge in [-0.05, 0) is 40.1 Å². The molecular weight excluding hydrogens is 481 g/mol. The van der Waals surface area contributed by atoms with E-state index in [9.17, 15) is 4.79 Å². The zero-order valence-electron chi connectivity index (χ0n) is 17.1. The molecule has 0 aliphatic rings. The summed E-state index contributed by atoms with van der Waals surface area (Å²) in [6, 6.07) is 10.9. The zero-order valence-corrected chi connectivity index (χ0v) is 19.4. The van der Waals surface area contributed by atoms with Gasteiger partial charge in [0.05, 0.1) is 7.11 Å². The highest BCUT2D eigenvalue weighted by Gasteiger charge is 2.15. The molecule has 172 valence electrons. The van der Waals surface area contributed by atoms with Gasteiger partial charge in [0.1, 0.15) is 6.61 Å². The Labute approximate surface area is 200 Å². The van der Waals surface area contributed by atoms with Gasteiger partial charge in [-0.15, -0.1) is 12.4 Å². The molecule has 3 aromatic rings. The van der Waals surface area contributed by atoms with E-state index in [1.54, 1.807) is 25.3 Å². The Morgan fingerprint density at radius 1 is 1.12 bits per heavy atom. The molecule has 0 fully saturated rings. The molecule has 0 unspecified atom stereocenters. The molecule has 0 saturated carbocycles. The van der Waals surface area contributed by atoms with Gasteiger partial charge in [0.25, 0.3) is 5.91 Å². The van der Waals surface area contributed by atoms with Crippen LogP contribution >= 0.6 is 35.6 Å². The fourth-order valence-corrected chi connectivity index (χ4v) is 3.20. The van der Waals surface area contributed by atoms with Crippen LogP contribution in [0.2, 0.25) is 10.0 Å². The summed E-state index contributed by atoms with van der Waals surface area (Å²) in [6.45, 7) is 1.69. The molecule has 1 heterocycles. The van der Waals surface area contributed by atoms with E-state index in [0.717, 1.165) is 5.56 Å². The van der Waals surface area contributed by atoms with E-state index in [1.165, 1.54) is 0 Å². The topological polar surface area (TPSA) is 125 Å². The second kappa shape index (κ2) is 12.4. The number of aromatic nitrogens is 2. The predicted octanol–water partition coefficient (Wildman–Crippen LogP) is 3.49. The Kier molecular flexibility index (Phi) is 9.86. The predicted molar refractivity (Wildman–Crippen MR) is 124 cm³/mol. The number of hydrogen-bond donors (Lipinski definition) is 3. The van der Waals surface area contributed by atoms with Gasteiger partial charge in [-0.1, -0.05) is 35.3 Å². The number of nitrogen functional groups attached to an aromatic ring is 1. The lowest BCUT2D eigenvalue weighted by Gasteiger charge is -2.14. The number of halogens is 3. The summed E-state index contributed by atoms with van der Waals surface area (Å²) in [5.74, 6) is 0.678. The highest BCUT2D eigenvalue weighted by atomic mass is 35.5. The van der Waals surface area contributed by atoms with Crippen LogP contribution < -0.4 is 25.8 Å². The van der Waals surface area contributed by atoms with E-state index in [2.05, 4.69) is 25.6 Å². The summed E-state index contributed by atoms with van der Waals surface area (Å²) in [6.07, 6.45) is 0. The highest BCUT2D eigenvalue weighted by Crippen LogP contribution is 2.31. The molecule has 0 spiro atoms. The van der Waals surface area contributed by atoms with Crippen molar-refractivity contribution in [3.63, 3.8) is 0 Å². The summed E-state index contributed by atoms with van der Waals surface area (Å²) in [4.78, 5) is 11.9. The van der Waals surface area contributed by atoms with E-state index in [0.29, 0.717) is 46.7 Å². The molecule has 1 aromatic heterocycles. The minimum atomic E-state index is -0.442. The Balaban J connectivity index is 0.00000363. The molecule has 32 heavy (non-hydrogen) atoms. The summed E-state index contributed by atoms with van der Waals surface area (Å²) >= 11 is 12.4. The zero-order chi connectivity index (χ0) is 22.2. The number of hydrogen-bond acceptors (Lipinski definition) is 8. The van der Waals surface area contributed by atoms with Crippen LogP contribution in [0.15, 0.2) is 41.0 Å². The van der Waals surface area contributed by atoms with Crippen LogP contribution in [-0.4, -0.2) is 36.4 Å². The average Bonchev–Trinajstić information content (AvgIpc) is 3.19. The minimum Gasteiger partial charge on any atom is -0.493 e. The molecule has 3 rings (SSSR count). The smallest absolute Gasteiger partial charge is 0.277 e. The summed E-state index contributed by atoms with van der Waals surface area (Å²) in [7, 11) is 1.57. The Hall–Kier alpha value is -2.72. The molecule has 4 N–H and O–H groups in total. The van der Waals surface area contributed by atoms with Crippen LogP contribution in [0.4, 0.5) is 5.82 Å².